The molecule has 3 N–H and O–H groups in total. The van der Waals surface area contributed by atoms with Gasteiger partial charge >= 0.3 is 0 Å². The van der Waals surface area contributed by atoms with E-state index in [1.165, 1.54) is 0 Å². The summed E-state index contributed by atoms with van der Waals surface area (Å²) in [4.78, 5) is 37.6. The molecule has 0 amide bonds. The van der Waals surface area contributed by atoms with Gasteiger partial charge in [0.25, 0.3) is 0 Å². The standard InChI is InChI=1S/C21H27NO4/c1-19-7-5-13(23)9-12(19)3-4-14-15-6-8-21(26,17(25)11-22)20(15,2)10-16(24)18(14)19/h5,7,9,14-15,18,26H,3-4,6,8,10-11,22H2,1-2H3/t14-,15-,18+,19+,20-,21-/m1/s1. The summed E-state index contributed by atoms with van der Waals surface area (Å²) < 4.78 is 0. The molecule has 0 saturated heterocycles. The molecule has 26 heavy (non-hydrogen) atoms. The van der Waals surface area contributed by atoms with Gasteiger partial charge < -0.3 is 10.8 Å². The van der Waals surface area contributed by atoms with Crippen molar-refractivity contribution in [3.05, 3.63) is 23.8 Å². The summed E-state index contributed by atoms with van der Waals surface area (Å²) in [6.45, 7) is 3.77. The highest BCUT2D eigenvalue weighted by Gasteiger charge is 2.68. The van der Waals surface area contributed by atoms with Crippen LogP contribution in [0.4, 0.5) is 0 Å². The van der Waals surface area contributed by atoms with Crippen LogP contribution in [-0.2, 0) is 14.4 Å². The van der Waals surface area contributed by atoms with E-state index in [-0.39, 0.29) is 48.1 Å². The Morgan fingerprint density at radius 2 is 2.04 bits per heavy atom. The summed E-state index contributed by atoms with van der Waals surface area (Å²) in [5.41, 5.74) is 3.95. The molecule has 6 atom stereocenters. The number of hydrogen-bond donors (Lipinski definition) is 2. The predicted octanol–water partition coefficient (Wildman–Crippen LogP) is 1.73. The highest BCUT2D eigenvalue weighted by Crippen LogP contribution is 2.65. The molecule has 0 aliphatic heterocycles. The Hall–Kier alpha value is -1.59. The van der Waals surface area contributed by atoms with Crippen molar-refractivity contribution in [1.82, 2.24) is 0 Å². The third-order valence-electron chi connectivity index (χ3n) is 8.06. The van der Waals surface area contributed by atoms with E-state index in [0.717, 1.165) is 24.8 Å². The summed E-state index contributed by atoms with van der Waals surface area (Å²) in [5.74, 6) is -0.186. The second-order valence-corrected chi connectivity index (χ2v) is 9.06. The average Bonchev–Trinajstić information content (AvgIpc) is 2.86. The molecular formula is C21H27NO4. The quantitative estimate of drug-likeness (QED) is 0.784. The summed E-state index contributed by atoms with van der Waals surface area (Å²) in [6, 6.07) is 0. The minimum absolute atomic E-state index is 0.00666. The first kappa shape index (κ1) is 17.8. The number of rotatable bonds is 2. The number of fused-ring (bicyclic) bond motifs is 5. The van der Waals surface area contributed by atoms with Crippen molar-refractivity contribution in [3.8, 4) is 0 Å². The lowest BCUT2D eigenvalue weighted by Gasteiger charge is -2.56. The van der Waals surface area contributed by atoms with E-state index in [2.05, 4.69) is 6.92 Å². The molecule has 0 aromatic carbocycles. The fraction of sp³-hybridized carbons (Fsp3) is 0.667. The van der Waals surface area contributed by atoms with Crippen LogP contribution in [0.2, 0.25) is 0 Å². The maximum absolute atomic E-state index is 13.3. The van der Waals surface area contributed by atoms with Crippen molar-refractivity contribution in [2.75, 3.05) is 6.54 Å². The zero-order chi connectivity index (χ0) is 18.9. The monoisotopic (exact) mass is 357 g/mol. The molecule has 3 fully saturated rings. The van der Waals surface area contributed by atoms with Crippen LogP contribution >= 0.6 is 0 Å². The Labute approximate surface area is 153 Å². The van der Waals surface area contributed by atoms with E-state index in [4.69, 9.17) is 5.73 Å². The van der Waals surface area contributed by atoms with E-state index in [1.54, 1.807) is 12.2 Å². The second-order valence-electron chi connectivity index (χ2n) is 9.06. The molecule has 3 saturated carbocycles. The molecule has 0 heterocycles. The number of carbonyl (C=O) groups excluding carboxylic acids is 3. The van der Waals surface area contributed by atoms with Crippen LogP contribution in [0.3, 0.4) is 0 Å². The summed E-state index contributed by atoms with van der Waals surface area (Å²) in [5, 5.41) is 11.2. The van der Waals surface area contributed by atoms with Crippen LogP contribution in [0.5, 0.6) is 0 Å². The van der Waals surface area contributed by atoms with E-state index in [9.17, 15) is 19.5 Å². The minimum atomic E-state index is -1.50. The van der Waals surface area contributed by atoms with Crippen molar-refractivity contribution >= 4 is 17.3 Å². The van der Waals surface area contributed by atoms with Gasteiger partial charge in [-0.1, -0.05) is 25.5 Å². The van der Waals surface area contributed by atoms with Gasteiger partial charge in [0, 0.05) is 23.2 Å². The van der Waals surface area contributed by atoms with Crippen molar-refractivity contribution in [2.24, 2.45) is 34.3 Å². The van der Waals surface area contributed by atoms with Gasteiger partial charge in [0.15, 0.2) is 11.6 Å². The SMILES string of the molecule is C[C@]12C=CC(=O)C=C1CC[C@H]1[C@H]2C(=O)C[C@]2(C)[C@@H]1CC[C@@]2(O)C(=O)CN. The lowest BCUT2D eigenvalue weighted by Crippen LogP contribution is -2.61. The number of Topliss-reactive ketones (excluding diaryl/α,β-unsaturated/α-hetero) is 2. The van der Waals surface area contributed by atoms with Gasteiger partial charge in [0.1, 0.15) is 11.4 Å². The Balaban J connectivity index is 1.76. The van der Waals surface area contributed by atoms with Gasteiger partial charge in [-0.15, -0.1) is 0 Å². The summed E-state index contributed by atoms with van der Waals surface area (Å²) in [6.07, 6.45) is 8.12. The fourth-order valence-corrected chi connectivity index (χ4v) is 6.66. The van der Waals surface area contributed by atoms with Crippen molar-refractivity contribution in [3.63, 3.8) is 0 Å². The number of nitrogens with two attached hydrogens (primary N) is 1. The van der Waals surface area contributed by atoms with Gasteiger partial charge in [-0.25, -0.2) is 0 Å². The number of hydrogen-bond acceptors (Lipinski definition) is 5. The highest BCUT2D eigenvalue weighted by molar-refractivity contribution is 6.02. The van der Waals surface area contributed by atoms with Crippen LogP contribution in [-0.4, -0.2) is 34.6 Å². The molecule has 4 rings (SSSR count). The number of allylic oxidation sites excluding steroid dienone is 4. The highest BCUT2D eigenvalue weighted by atomic mass is 16.3. The van der Waals surface area contributed by atoms with Crippen LogP contribution in [0.15, 0.2) is 23.8 Å². The minimum Gasteiger partial charge on any atom is -0.381 e. The molecule has 0 spiro atoms. The van der Waals surface area contributed by atoms with E-state index in [1.807, 2.05) is 13.0 Å². The zero-order valence-corrected chi connectivity index (χ0v) is 15.5. The first-order valence-corrected chi connectivity index (χ1v) is 9.60. The fourth-order valence-electron chi connectivity index (χ4n) is 6.66. The number of carbonyl (C=O) groups is 3. The largest absolute Gasteiger partial charge is 0.381 e. The second kappa shape index (κ2) is 5.46. The van der Waals surface area contributed by atoms with Crippen LogP contribution in [0.1, 0.15) is 46.0 Å². The zero-order valence-electron chi connectivity index (χ0n) is 15.5. The van der Waals surface area contributed by atoms with Gasteiger partial charge in [-0.3, -0.25) is 14.4 Å². The number of aliphatic hydroxyl groups is 1. The van der Waals surface area contributed by atoms with Crippen molar-refractivity contribution in [1.29, 1.82) is 0 Å². The molecule has 4 aliphatic carbocycles. The van der Waals surface area contributed by atoms with Gasteiger partial charge in [0.2, 0.25) is 0 Å². The molecule has 5 nitrogen and oxygen atoms in total. The average molecular weight is 357 g/mol. The Morgan fingerprint density at radius 1 is 1.31 bits per heavy atom. The summed E-state index contributed by atoms with van der Waals surface area (Å²) >= 11 is 0. The smallest absolute Gasteiger partial charge is 0.178 e. The Kier molecular flexibility index (Phi) is 3.74. The molecule has 5 heteroatoms. The van der Waals surface area contributed by atoms with Crippen LogP contribution in [0, 0.1) is 28.6 Å². The summed E-state index contributed by atoms with van der Waals surface area (Å²) in [7, 11) is 0. The number of ketones is 3. The van der Waals surface area contributed by atoms with Crippen molar-refractivity contribution in [2.45, 2.75) is 51.6 Å². The Bertz CT molecular complexity index is 768. The third kappa shape index (κ3) is 2.01. The molecule has 0 aromatic rings. The van der Waals surface area contributed by atoms with Gasteiger partial charge in [0.05, 0.1) is 6.54 Å². The van der Waals surface area contributed by atoms with Gasteiger partial charge in [-0.05, 0) is 49.7 Å². The van der Waals surface area contributed by atoms with E-state index in [0.29, 0.717) is 6.42 Å². The maximum Gasteiger partial charge on any atom is 0.178 e. The first-order chi connectivity index (χ1) is 12.2. The molecular weight excluding hydrogens is 330 g/mol. The molecule has 0 radical (unpaired) electrons. The van der Waals surface area contributed by atoms with Gasteiger partial charge in [-0.2, -0.15) is 0 Å². The molecule has 0 unspecified atom stereocenters. The van der Waals surface area contributed by atoms with Crippen LogP contribution < -0.4 is 5.73 Å². The maximum atomic E-state index is 13.3. The lowest BCUT2D eigenvalue weighted by molar-refractivity contribution is -0.166. The predicted molar refractivity (Wildman–Crippen MR) is 96.0 cm³/mol. The first-order valence-electron chi connectivity index (χ1n) is 9.60. The van der Waals surface area contributed by atoms with E-state index < -0.39 is 16.4 Å². The third-order valence-corrected chi connectivity index (χ3v) is 8.06. The Morgan fingerprint density at radius 3 is 2.73 bits per heavy atom. The molecule has 4 aliphatic rings. The molecule has 0 bridgehead atoms. The lowest BCUT2D eigenvalue weighted by atomic mass is 9.46. The van der Waals surface area contributed by atoms with Crippen molar-refractivity contribution < 1.29 is 19.5 Å². The molecule has 140 valence electrons. The topological polar surface area (TPSA) is 97.5 Å². The normalized spacial score (nSPS) is 47.1. The van der Waals surface area contributed by atoms with E-state index >= 15 is 0 Å². The van der Waals surface area contributed by atoms with Crippen LogP contribution in [0.25, 0.3) is 0 Å². The molecule has 0 aromatic heterocycles.